The number of morpholine rings is 1. The molecule has 3 aliphatic carbocycles. The van der Waals surface area contributed by atoms with Crippen LogP contribution in [0.1, 0.15) is 51.0 Å². The van der Waals surface area contributed by atoms with Crippen molar-refractivity contribution in [1.29, 1.82) is 0 Å². The number of fused-ring (bicyclic) bond motifs is 2. The molecule has 134 valence electrons. The van der Waals surface area contributed by atoms with Gasteiger partial charge in [0.05, 0.1) is 24.6 Å². The van der Waals surface area contributed by atoms with Crippen LogP contribution in [0.3, 0.4) is 0 Å². The summed E-state index contributed by atoms with van der Waals surface area (Å²) >= 11 is 0. The van der Waals surface area contributed by atoms with Crippen LogP contribution < -0.4 is 0 Å². The standard InChI is InChI=1S/C22H30N2O/c1-21(17-5-3-2-4-6-17)18-7-9-19(10-8-18)22(21)12-11-20(23-22)24-13-15-25-16-14-24/h2-6,18-19H,7-16H2,1H3. The minimum Gasteiger partial charge on any atom is -0.378 e. The van der Waals surface area contributed by atoms with Crippen molar-refractivity contribution < 1.29 is 4.74 Å². The number of benzene rings is 1. The first-order valence-electron chi connectivity index (χ1n) is 10.2. The van der Waals surface area contributed by atoms with Crippen LogP contribution >= 0.6 is 0 Å². The third-order valence-corrected chi connectivity index (χ3v) is 7.93. The molecule has 3 heteroatoms. The van der Waals surface area contributed by atoms with Crippen molar-refractivity contribution in [2.45, 2.75) is 56.4 Å². The monoisotopic (exact) mass is 338 g/mol. The first-order chi connectivity index (χ1) is 12.2. The van der Waals surface area contributed by atoms with E-state index in [-0.39, 0.29) is 11.0 Å². The molecule has 0 radical (unpaired) electrons. The number of aliphatic imine (C=N–C) groups is 1. The molecule has 25 heavy (non-hydrogen) atoms. The predicted molar refractivity (Wildman–Crippen MR) is 101 cm³/mol. The normalized spacial score (nSPS) is 40.5. The molecule has 0 aromatic heterocycles. The SMILES string of the molecule is CC1(c2ccccc2)C2CCC(CC2)C12CCC(N1CCOCC1)=N2. The van der Waals surface area contributed by atoms with Crippen molar-refractivity contribution in [3.05, 3.63) is 35.9 Å². The van der Waals surface area contributed by atoms with E-state index in [1.165, 1.54) is 43.5 Å². The van der Waals surface area contributed by atoms with Gasteiger partial charge in [0.25, 0.3) is 0 Å². The van der Waals surface area contributed by atoms with Crippen LogP contribution in [0.4, 0.5) is 0 Å². The fourth-order valence-corrected chi connectivity index (χ4v) is 6.56. The average molecular weight is 338 g/mol. The van der Waals surface area contributed by atoms with E-state index in [0.717, 1.165) is 44.6 Å². The fourth-order valence-electron chi connectivity index (χ4n) is 6.56. The molecule has 1 saturated heterocycles. The van der Waals surface area contributed by atoms with Gasteiger partial charge < -0.3 is 9.64 Å². The predicted octanol–water partition coefficient (Wildman–Crippen LogP) is 4.03. The molecule has 3 nitrogen and oxygen atoms in total. The van der Waals surface area contributed by atoms with E-state index in [2.05, 4.69) is 42.2 Å². The Kier molecular flexibility index (Phi) is 3.70. The van der Waals surface area contributed by atoms with E-state index in [4.69, 9.17) is 9.73 Å². The summed E-state index contributed by atoms with van der Waals surface area (Å²) < 4.78 is 5.56. The summed E-state index contributed by atoms with van der Waals surface area (Å²) in [6.07, 6.45) is 7.94. The van der Waals surface area contributed by atoms with Crippen molar-refractivity contribution >= 4 is 5.84 Å². The molecule has 2 heterocycles. The summed E-state index contributed by atoms with van der Waals surface area (Å²) in [5, 5.41) is 0. The minimum atomic E-state index is 0.128. The van der Waals surface area contributed by atoms with Crippen LogP contribution in [-0.2, 0) is 10.2 Å². The van der Waals surface area contributed by atoms with Gasteiger partial charge in [0, 0.05) is 24.9 Å². The largest absolute Gasteiger partial charge is 0.378 e. The lowest BCUT2D eigenvalue weighted by Gasteiger charge is -2.61. The molecule has 2 aliphatic heterocycles. The molecular weight excluding hydrogens is 308 g/mol. The number of hydrogen-bond donors (Lipinski definition) is 0. The third kappa shape index (κ3) is 2.17. The smallest absolute Gasteiger partial charge is 0.0998 e. The number of rotatable bonds is 1. The average Bonchev–Trinajstić information content (AvgIpc) is 3.14. The molecule has 1 aromatic carbocycles. The molecule has 0 N–H and O–H groups in total. The quantitative estimate of drug-likeness (QED) is 0.772. The molecule has 2 bridgehead atoms. The number of amidine groups is 1. The molecule has 4 fully saturated rings. The van der Waals surface area contributed by atoms with E-state index in [1.807, 2.05) is 0 Å². The summed E-state index contributed by atoms with van der Waals surface area (Å²) in [5.41, 5.74) is 1.85. The summed E-state index contributed by atoms with van der Waals surface area (Å²) in [6.45, 7) is 6.29. The van der Waals surface area contributed by atoms with Gasteiger partial charge in [-0.1, -0.05) is 37.3 Å². The van der Waals surface area contributed by atoms with Crippen LogP contribution in [0.15, 0.2) is 35.3 Å². The Balaban J connectivity index is 1.59. The second-order valence-electron chi connectivity index (χ2n) is 8.67. The van der Waals surface area contributed by atoms with Crippen molar-refractivity contribution in [2.75, 3.05) is 26.3 Å². The minimum absolute atomic E-state index is 0.128. The summed E-state index contributed by atoms with van der Waals surface area (Å²) in [7, 11) is 0. The van der Waals surface area contributed by atoms with Gasteiger partial charge in [-0.3, -0.25) is 4.99 Å². The van der Waals surface area contributed by atoms with Gasteiger partial charge in [0.2, 0.25) is 0 Å². The summed E-state index contributed by atoms with van der Waals surface area (Å²) in [4.78, 5) is 8.11. The first kappa shape index (κ1) is 15.9. The van der Waals surface area contributed by atoms with Crippen LogP contribution in [0, 0.1) is 11.8 Å². The first-order valence-corrected chi connectivity index (χ1v) is 10.2. The van der Waals surface area contributed by atoms with Gasteiger partial charge in [-0.15, -0.1) is 0 Å². The van der Waals surface area contributed by atoms with Gasteiger partial charge in [0.1, 0.15) is 0 Å². The second-order valence-corrected chi connectivity index (χ2v) is 8.67. The van der Waals surface area contributed by atoms with Crippen molar-refractivity contribution in [2.24, 2.45) is 16.8 Å². The maximum absolute atomic E-state index is 5.60. The lowest BCUT2D eigenvalue weighted by atomic mass is 9.45. The Morgan fingerprint density at radius 1 is 1.00 bits per heavy atom. The van der Waals surface area contributed by atoms with E-state index in [9.17, 15) is 0 Å². The maximum atomic E-state index is 5.60. The second kappa shape index (κ2) is 5.84. The van der Waals surface area contributed by atoms with Crippen LogP contribution in [-0.4, -0.2) is 42.6 Å². The number of ether oxygens (including phenoxy) is 1. The van der Waals surface area contributed by atoms with Crippen LogP contribution in [0.5, 0.6) is 0 Å². The van der Waals surface area contributed by atoms with Gasteiger partial charge in [-0.25, -0.2) is 0 Å². The molecule has 6 rings (SSSR count). The van der Waals surface area contributed by atoms with Crippen LogP contribution in [0.2, 0.25) is 0 Å². The molecule has 5 aliphatic rings. The Labute approximate surface area is 151 Å². The molecule has 2 atom stereocenters. The molecule has 3 saturated carbocycles. The zero-order valence-corrected chi connectivity index (χ0v) is 15.4. The third-order valence-electron chi connectivity index (χ3n) is 7.93. The molecule has 1 aromatic rings. The highest BCUT2D eigenvalue weighted by atomic mass is 16.5. The highest BCUT2D eigenvalue weighted by Gasteiger charge is 2.63. The highest BCUT2D eigenvalue weighted by Crippen LogP contribution is 2.63. The lowest BCUT2D eigenvalue weighted by Crippen LogP contribution is -2.62. The van der Waals surface area contributed by atoms with Gasteiger partial charge >= 0.3 is 0 Å². The van der Waals surface area contributed by atoms with Crippen molar-refractivity contribution in [3.63, 3.8) is 0 Å². The molecule has 1 spiro atoms. The zero-order valence-electron chi connectivity index (χ0n) is 15.4. The molecule has 2 unspecified atom stereocenters. The van der Waals surface area contributed by atoms with Crippen molar-refractivity contribution in [3.8, 4) is 0 Å². The zero-order chi connectivity index (χ0) is 16.9. The fraction of sp³-hybridized carbons (Fsp3) is 0.682. The van der Waals surface area contributed by atoms with E-state index < -0.39 is 0 Å². The lowest BCUT2D eigenvalue weighted by molar-refractivity contribution is -0.0199. The maximum Gasteiger partial charge on any atom is 0.0998 e. The van der Waals surface area contributed by atoms with Gasteiger partial charge in [0.15, 0.2) is 0 Å². The summed E-state index contributed by atoms with van der Waals surface area (Å²) in [5.74, 6) is 2.92. The molecule has 0 amide bonds. The molecular formula is C22H30N2O. The van der Waals surface area contributed by atoms with E-state index in [1.54, 1.807) is 0 Å². The van der Waals surface area contributed by atoms with Crippen LogP contribution in [0.25, 0.3) is 0 Å². The Bertz CT molecular complexity index is 658. The number of hydrogen-bond acceptors (Lipinski definition) is 3. The Morgan fingerprint density at radius 2 is 1.68 bits per heavy atom. The Morgan fingerprint density at radius 3 is 2.40 bits per heavy atom. The van der Waals surface area contributed by atoms with E-state index in [0.29, 0.717) is 0 Å². The van der Waals surface area contributed by atoms with Gasteiger partial charge in [-0.2, -0.15) is 0 Å². The number of nitrogens with zero attached hydrogens (tertiary/aromatic N) is 2. The Hall–Kier alpha value is -1.35. The topological polar surface area (TPSA) is 24.8 Å². The summed E-state index contributed by atoms with van der Waals surface area (Å²) in [6, 6.07) is 11.3. The van der Waals surface area contributed by atoms with E-state index >= 15 is 0 Å². The van der Waals surface area contributed by atoms with Crippen molar-refractivity contribution in [1.82, 2.24) is 4.90 Å². The van der Waals surface area contributed by atoms with Gasteiger partial charge in [-0.05, 0) is 49.5 Å². The highest BCUT2D eigenvalue weighted by molar-refractivity contribution is 5.85.